The molecule has 0 aromatic heterocycles. The van der Waals surface area contributed by atoms with Gasteiger partial charge in [0.1, 0.15) is 0 Å². The highest BCUT2D eigenvalue weighted by Crippen LogP contribution is 2.21. The molecule has 1 aliphatic heterocycles. The van der Waals surface area contributed by atoms with E-state index < -0.39 is 15.4 Å². The maximum atomic E-state index is 12.9. The molecule has 1 aromatic rings. The second kappa shape index (κ2) is 7.85. The number of hydrogen-bond acceptors (Lipinski definition) is 5. The first kappa shape index (κ1) is 19.9. The quantitative estimate of drug-likeness (QED) is 0.748. The predicted octanol–water partition coefficient (Wildman–Crippen LogP) is 1.01. The van der Waals surface area contributed by atoms with Crippen LogP contribution < -0.4 is 0 Å². The highest BCUT2D eigenvalue weighted by Gasteiger charge is 2.34. The second-order valence-corrected chi connectivity index (χ2v) is 9.52. The van der Waals surface area contributed by atoms with Crippen LogP contribution in [0.3, 0.4) is 0 Å². The predicted molar refractivity (Wildman–Crippen MR) is 96.2 cm³/mol. The molecule has 1 saturated heterocycles. The number of carbonyl (C=O) groups is 1. The number of benzene rings is 1. The van der Waals surface area contributed by atoms with Gasteiger partial charge in [0.05, 0.1) is 23.7 Å². The zero-order valence-corrected chi connectivity index (χ0v) is 15.6. The number of aliphatic hydroxyl groups excluding tert-OH is 1. The van der Waals surface area contributed by atoms with Crippen molar-refractivity contribution in [2.75, 3.05) is 24.7 Å². The third-order valence-corrected chi connectivity index (χ3v) is 6.20. The molecular weight excluding hydrogens is 342 g/mol. The minimum atomic E-state index is -3.11. The summed E-state index contributed by atoms with van der Waals surface area (Å²) < 4.78 is 23.4. The van der Waals surface area contributed by atoms with Crippen LogP contribution in [0.5, 0.6) is 0 Å². The van der Waals surface area contributed by atoms with Crippen molar-refractivity contribution in [1.29, 1.82) is 0 Å². The van der Waals surface area contributed by atoms with Gasteiger partial charge in [-0.05, 0) is 50.8 Å². The molecule has 6 nitrogen and oxygen atoms in total. The van der Waals surface area contributed by atoms with Gasteiger partial charge < -0.3 is 15.1 Å². The van der Waals surface area contributed by atoms with E-state index in [1.54, 1.807) is 32.0 Å². The second-order valence-electron chi connectivity index (χ2n) is 7.29. The number of aryl methyl sites for hydroxylation is 1. The van der Waals surface area contributed by atoms with Crippen molar-refractivity contribution in [3.05, 3.63) is 35.4 Å². The molecule has 0 unspecified atom stereocenters. The summed E-state index contributed by atoms with van der Waals surface area (Å²) in [6.07, 6.45) is 1.63. The van der Waals surface area contributed by atoms with Crippen LogP contribution in [0.25, 0.3) is 0 Å². The van der Waals surface area contributed by atoms with Crippen LogP contribution in [0.2, 0.25) is 0 Å². The van der Waals surface area contributed by atoms with Crippen LogP contribution in [0.1, 0.15) is 42.6 Å². The maximum Gasteiger partial charge on any atom is 0.254 e. The zero-order valence-electron chi connectivity index (χ0n) is 14.8. The highest BCUT2D eigenvalue weighted by molar-refractivity contribution is 7.91. The van der Waals surface area contributed by atoms with Gasteiger partial charge in [0, 0.05) is 18.2 Å². The lowest BCUT2D eigenvalue weighted by Crippen LogP contribution is -2.42. The number of rotatable bonds is 7. The van der Waals surface area contributed by atoms with Crippen LogP contribution in [-0.2, 0) is 16.3 Å². The first-order valence-corrected chi connectivity index (χ1v) is 10.4. The van der Waals surface area contributed by atoms with E-state index in [4.69, 9.17) is 0 Å². The Kier molecular flexibility index (Phi) is 6.24. The van der Waals surface area contributed by atoms with Crippen molar-refractivity contribution in [1.82, 2.24) is 4.90 Å². The fraction of sp³-hybridized carbons (Fsp3) is 0.611. The maximum absolute atomic E-state index is 12.9. The van der Waals surface area contributed by atoms with Gasteiger partial charge in [0.15, 0.2) is 9.84 Å². The van der Waals surface area contributed by atoms with E-state index in [2.05, 4.69) is 0 Å². The molecule has 2 rings (SSSR count). The zero-order chi connectivity index (χ0) is 18.7. The van der Waals surface area contributed by atoms with Crippen LogP contribution in [0.15, 0.2) is 24.3 Å². The molecule has 0 saturated carbocycles. The first-order valence-electron chi connectivity index (χ1n) is 8.55. The molecule has 0 aliphatic carbocycles. The van der Waals surface area contributed by atoms with Gasteiger partial charge in [-0.25, -0.2) is 8.42 Å². The van der Waals surface area contributed by atoms with Gasteiger partial charge in [-0.15, -0.1) is 0 Å². The normalized spacial score (nSPS) is 19.8. The molecule has 0 radical (unpaired) electrons. The largest absolute Gasteiger partial charge is 0.395 e. The standard InChI is InChI=1S/C18H27NO5S/c1-18(2,22)8-6-14-4-3-5-15(12-14)17(21)19(9-10-20)16-7-11-25(23,24)13-16/h3-5,12,16,20,22H,6-11,13H2,1-2H3/t16-/m0/s1. The lowest BCUT2D eigenvalue weighted by molar-refractivity contribution is 0.0655. The van der Waals surface area contributed by atoms with E-state index in [-0.39, 0.29) is 36.6 Å². The molecule has 1 aromatic carbocycles. The van der Waals surface area contributed by atoms with Crippen LogP contribution in [0.4, 0.5) is 0 Å². The fourth-order valence-corrected chi connectivity index (χ4v) is 4.79. The van der Waals surface area contributed by atoms with Crippen LogP contribution in [0, 0.1) is 0 Å². The van der Waals surface area contributed by atoms with Crippen molar-refractivity contribution < 1.29 is 23.4 Å². The summed E-state index contributed by atoms with van der Waals surface area (Å²) in [7, 11) is -3.11. The van der Waals surface area contributed by atoms with E-state index in [1.807, 2.05) is 6.07 Å². The molecular formula is C18H27NO5S. The summed E-state index contributed by atoms with van der Waals surface area (Å²) in [6, 6.07) is 6.78. The highest BCUT2D eigenvalue weighted by atomic mass is 32.2. The number of carbonyl (C=O) groups excluding carboxylic acids is 1. The minimum absolute atomic E-state index is 0.0445. The van der Waals surface area contributed by atoms with Crippen molar-refractivity contribution in [3.63, 3.8) is 0 Å². The molecule has 0 bridgehead atoms. The summed E-state index contributed by atoms with van der Waals surface area (Å²) in [6.45, 7) is 3.39. The summed E-state index contributed by atoms with van der Waals surface area (Å²) >= 11 is 0. The molecule has 25 heavy (non-hydrogen) atoms. The number of aliphatic hydroxyl groups is 2. The van der Waals surface area contributed by atoms with Gasteiger partial charge >= 0.3 is 0 Å². The van der Waals surface area contributed by atoms with Gasteiger partial charge in [-0.1, -0.05) is 12.1 Å². The number of hydrogen-bond donors (Lipinski definition) is 2. The Morgan fingerprint density at radius 3 is 2.64 bits per heavy atom. The number of amides is 1. The Balaban J connectivity index is 2.16. The Bertz CT molecular complexity index is 708. The third-order valence-electron chi connectivity index (χ3n) is 4.45. The summed E-state index contributed by atoms with van der Waals surface area (Å²) in [5.41, 5.74) is 0.642. The van der Waals surface area contributed by atoms with Crippen molar-refractivity contribution in [3.8, 4) is 0 Å². The van der Waals surface area contributed by atoms with E-state index >= 15 is 0 Å². The minimum Gasteiger partial charge on any atom is -0.395 e. The molecule has 0 spiro atoms. The van der Waals surface area contributed by atoms with Gasteiger partial charge in [0.2, 0.25) is 0 Å². The van der Waals surface area contributed by atoms with Crippen LogP contribution in [-0.4, -0.2) is 65.7 Å². The number of nitrogens with zero attached hydrogens (tertiary/aromatic N) is 1. The van der Waals surface area contributed by atoms with E-state index in [0.717, 1.165) is 5.56 Å². The van der Waals surface area contributed by atoms with E-state index in [0.29, 0.717) is 24.8 Å². The molecule has 1 aliphatic rings. The van der Waals surface area contributed by atoms with E-state index in [9.17, 15) is 23.4 Å². The van der Waals surface area contributed by atoms with Crippen molar-refractivity contribution >= 4 is 15.7 Å². The average Bonchev–Trinajstić information content (AvgIpc) is 2.89. The topological polar surface area (TPSA) is 94.9 Å². The van der Waals surface area contributed by atoms with Crippen LogP contribution >= 0.6 is 0 Å². The molecule has 1 heterocycles. The molecule has 2 N–H and O–H groups in total. The molecule has 1 amide bonds. The lowest BCUT2D eigenvalue weighted by Gasteiger charge is -2.28. The van der Waals surface area contributed by atoms with E-state index in [1.165, 1.54) is 4.90 Å². The molecule has 1 fully saturated rings. The van der Waals surface area contributed by atoms with Gasteiger partial charge in [-0.2, -0.15) is 0 Å². The lowest BCUT2D eigenvalue weighted by atomic mass is 9.97. The molecule has 140 valence electrons. The molecule has 1 atom stereocenters. The Hall–Kier alpha value is -1.44. The van der Waals surface area contributed by atoms with Gasteiger partial charge in [-0.3, -0.25) is 4.79 Å². The average molecular weight is 369 g/mol. The molecule has 7 heteroatoms. The first-order chi connectivity index (χ1) is 11.6. The van der Waals surface area contributed by atoms with Crippen molar-refractivity contribution in [2.45, 2.75) is 44.8 Å². The Morgan fingerprint density at radius 2 is 2.08 bits per heavy atom. The van der Waals surface area contributed by atoms with Gasteiger partial charge in [0.25, 0.3) is 5.91 Å². The van der Waals surface area contributed by atoms with Crippen molar-refractivity contribution in [2.24, 2.45) is 0 Å². The smallest absolute Gasteiger partial charge is 0.254 e. The summed E-state index contributed by atoms with van der Waals surface area (Å²) in [5, 5.41) is 19.1. The Morgan fingerprint density at radius 1 is 1.36 bits per heavy atom. The SMILES string of the molecule is CC(C)(O)CCc1cccc(C(=O)N(CCO)[C@H]2CCS(=O)(=O)C2)c1. The fourth-order valence-electron chi connectivity index (χ4n) is 3.05. The summed E-state index contributed by atoms with van der Waals surface area (Å²) in [5.74, 6) is -0.225. The third kappa shape index (κ3) is 5.80. The summed E-state index contributed by atoms with van der Waals surface area (Å²) in [4.78, 5) is 14.3. The monoisotopic (exact) mass is 369 g/mol. The number of sulfone groups is 1. The Labute approximate surface area is 149 Å².